The van der Waals surface area contributed by atoms with Crippen molar-refractivity contribution in [3.8, 4) is 0 Å². The summed E-state index contributed by atoms with van der Waals surface area (Å²) in [6, 6.07) is 0. The molecule has 0 radical (unpaired) electrons. The van der Waals surface area contributed by atoms with E-state index in [4.69, 9.17) is 18.5 Å². The van der Waals surface area contributed by atoms with Crippen LogP contribution in [0, 0.1) is 0 Å². The molecule has 0 aliphatic rings. The predicted molar refractivity (Wildman–Crippen MR) is 220 cm³/mol. The third-order valence-corrected chi connectivity index (χ3v) is 10.8. The Bertz CT molecular complexity index is 919. The van der Waals surface area contributed by atoms with Crippen LogP contribution in [0.4, 0.5) is 0 Å². The molecule has 11 heteroatoms. The Morgan fingerprint density at radius 1 is 0.519 bits per heavy atom. The zero-order valence-electron chi connectivity index (χ0n) is 35.2. The van der Waals surface area contributed by atoms with Crippen LogP contribution in [0.5, 0.6) is 0 Å². The van der Waals surface area contributed by atoms with Crippen molar-refractivity contribution in [3.63, 3.8) is 0 Å². The van der Waals surface area contributed by atoms with E-state index in [0.717, 1.165) is 38.5 Å². The second-order valence-corrected chi connectivity index (χ2v) is 16.7. The summed E-state index contributed by atoms with van der Waals surface area (Å²) >= 11 is 0. The summed E-state index contributed by atoms with van der Waals surface area (Å²) in [4.78, 5) is 46.2. The van der Waals surface area contributed by atoms with E-state index in [0.29, 0.717) is 6.42 Å². The summed E-state index contributed by atoms with van der Waals surface area (Å²) in [5.74, 6) is -1.15. The summed E-state index contributed by atoms with van der Waals surface area (Å²) in [5, 5.41) is 2.46. The Kier molecular flexibility index (Phi) is 38.7. The van der Waals surface area contributed by atoms with Crippen molar-refractivity contribution in [2.24, 2.45) is 0 Å². The number of esters is 2. The van der Waals surface area contributed by atoms with E-state index in [-0.39, 0.29) is 38.5 Å². The van der Waals surface area contributed by atoms with Gasteiger partial charge >= 0.3 is 19.8 Å². The number of phosphoric ester groups is 1. The molecular formula is C43H84NO9P. The van der Waals surface area contributed by atoms with Crippen LogP contribution in [0.3, 0.4) is 0 Å². The number of unbranched alkanes of at least 4 members (excludes halogenated alkanes) is 28. The van der Waals surface area contributed by atoms with Crippen molar-refractivity contribution in [3.05, 3.63) is 0 Å². The normalized spacial score (nSPS) is 13.0. The molecule has 2 atom stereocenters. The van der Waals surface area contributed by atoms with E-state index in [1.54, 1.807) is 0 Å². The topological polar surface area (TPSA) is 137 Å². The highest BCUT2D eigenvalue weighted by Gasteiger charge is 2.26. The molecule has 0 aromatic heterocycles. The maximum Gasteiger partial charge on any atom is 0.472 e. The number of rotatable bonds is 42. The van der Waals surface area contributed by atoms with Crippen LogP contribution in [-0.4, -0.2) is 55.2 Å². The molecule has 0 bridgehead atoms. The van der Waals surface area contributed by atoms with Crippen molar-refractivity contribution in [2.45, 2.75) is 232 Å². The Hall–Kier alpha value is -1.48. The zero-order valence-corrected chi connectivity index (χ0v) is 36.1. The summed E-state index contributed by atoms with van der Waals surface area (Å²) in [7, 11) is -4.48. The van der Waals surface area contributed by atoms with Crippen molar-refractivity contribution < 1.29 is 42.4 Å². The monoisotopic (exact) mass is 790 g/mol. The molecule has 1 unspecified atom stereocenters. The highest BCUT2D eigenvalue weighted by molar-refractivity contribution is 7.47. The minimum absolute atomic E-state index is 0.0395. The number of carbonyl (C=O) groups excluding carboxylic acids is 3. The van der Waals surface area contributed by atoms with E-state index in [9.17, 15) is 23.8 Å². The van der Waals surface area contributed by atoms with Gasteiger partial charge in [-0.2, -0.15) is 0 Å². The van der Waals surface area contributed by atoms with E-state index in [2.05, 4.69) is 19.2 Å². The number of hydrogen-bond donors (Lipinski definition) is 2. The van der Waals surface area contributed by atoms with Gasteiger partial charge in [0.15, 0.2) is 6.10 Å². The van der Waals surface area contributed by atoms with Gasteiger partial charge in [-0.15, -0.1) is 0 Å². The lowest BCUT2D eigenvalue weighted by atomic mass is 10.0. The van der Waals surface area contributed by atoms with E-state index >= 15 is 0 Å². The van der Waals surface area contributed by atoms with E-state index in [1.165, 1.54) is 155 Å². The molecule has 0 aliphatic carbocycles. The van der Waals surface area contributed by atoms with Gasteiger partial charge in [0.2, 0.25) is 5.91 Å². The first-order chi connectivity index (χ1) is 26.2. The number of phosphoric acid groups is 1. The highest BCUT2D eigenvalue weighted by Crippen LogP contribution is 2.43. The lowest BCUT2D eigenvalue weighted by Gasteiger charge is -2.20. The van der Waals surface area contributed by atoms with Gasteiger partial charge in [-0.05, 0) is 12.8 Å². The average molecular weight is 790 g/mol. The summed E-state index contributed by atoms with van der Waals surface area (Å²) < 4.78 is 33.2. The van der Waals surface area contributed by atoms with Crippen molar-refractivity contribution in [1.82, 2.24) is 5.32 Å². The third kappa shape index (κ3) is 40.2. The second-order valence-electron chi connectivity index (χ2n) is 15.3. The van der Waals surface area contributed by atoms with Crippen molar-refractivity contribution in [2.75, 3.05) is 26.4 Å². The van der Waals surface area contributed by atoms with Crippen LogP contribution in [0.1, 0.15) is 226 Å². The van der Waals surface area contributed by atoms with Crippen LogP contribution in [0.15, 0.2) is 0 Å². The fourth-order valence-corrected chi connectivity index (χ4v) is 7.25. The number of hydrogen-bond acceptors (Lipinski definition) is 8. The van der Waals surface area contributed by atoms with Crippen LogP contribution in [0.25, 0.3) is 0 Å². The molecule has 54 heavy (non-hydrogen) atoms. The molecule has 2 N–H and O–H groups in total. The standard InChI is InChI=1S/C43H84NO9P/c1-4-6-8-10-12-14-16-18-20-22-24-26-28-30-32-34-42(46)50-38-41(39-52-54(48,49)51-37-36-44-40(3)45)53-43(47)35-33-31-29-27-25-23-21-19-17-15-13-11-9-7-5-2/h41H,4-39H2,1-3H3,(H,44,45)(H,48,49)/t41-/m1/s1. The third-order valence-electron chi connectivity index (χ3n) is 9.85. The molecule has 320 valence electrons. The van der Waals surface area contributed by atoms with Gasteiger partial charge in [-0.25, -0.2) is 4.57 Å². The number of carbonyl (C=O) groups is 3. The van der Waals surface area contributed by atoms with Gasteiger partial charge < -0.3 is 19.7 Å². The minimum Gasteiger partial charge on any atom is -0.462 e. The fraction of sp³-hybridized carbons (Fsp3) is 0.930. The SMILES string of the molecule is CCCCCCCCCCCCCCCCCC(=O)OC[C@H](COP(=O)(O)OCCNC(C)=O)OC(=O)CCCCCCCCCCCCCCCCC. The average Bonchev–Trinajstić information content (AvgIpc) is 3.14. The lowest BCUT2D eigenvalue weighted by Crippen LogP contribution is -2.30. The Morgan fingerprint density at radius 2 is 0.870 bits per heavy atom. The van der Waals surface area contributed by atoms with Gasteiger partial charge in [-0.3, -0.25) is 23.4 Å². The van der Waals surface area contributed by atoms with E-state index in [1.807, 2.05) is 0 Å². The summed E-state index contributed by atoms with van der Waals surface area (Å²) in [5.41, 5.74) is 0. The number of ether oxygens (including phenoxy) is 2. The molecule has 0 heterocycles. The number of amides is 1. The van der Waals surface area contributed by atoms with Crippen molar-refractivity contribution >= 4 is 25.7 Å². The summed E-state index contributed by atoms with van der Waals surface area (Å²) in [6.07, 6.45) is 36.5. The zero-order chi connectivity index (χ0) is 39.8. The maximum atomic E-state index is 12.6. The first-order valence-corrected chi connectivity index (χ1v) is 23.9. The molecule has 0 rings (SSSR count). The van der Waals surface area contributed by atoms with Gasteiger partial charge in [0.25, 0.3) is 0 Å². The molecule has 0 aromatic carbocycles. The molecule has 0 fully saturated rings. The molecule has 0 spiro atoms. The quantitative estimate of drug-likeness (QED) is 0.0351. The molecule has 0 aromatic rings. The molecule has 0 saturated carbocycles. The summed E-state index contributed by atoms with van der Waals surface area (Å²) in [6.45, 7) is 4.91. The smallest absolute Gasteiger partial charge is 0.462 e. The Labute approximate surface area is 331 Å². The van der Waals surface area contributed by atoms with E-state index < -0.39 is 32.5 Å². The van der Waals surface area contributed by atoms with Gasteiger partial charge in [0, 0.05) is 26.3 Å². The maximum absolute atomic E-state index is 12.6. The first kappa shape index (κ1) is 52.5. The van der Waals surface area contributed by atoms with Crippen LogP contribution >= 0.6 is 7.82 Å². The largest absolute Gasteiger partial charge is 0.472 e. The molecule has 10 nitrogen and oxygen atoms in total. The fourth-order valence-electron chi connectivity index (χ4n) is 6.50. The van der Waals surface area contributed by atoms with Crippen molar-refractivity contribution in [1.29, 1.82) is 0 Å². The minimum atomic E-state index is -4.48. The molecule has 0 saturated heterocycles. The lowest BCUT2D eigenvalue weighted by molar-refractivity contribution is -0.161. The Morgan fingerprint density at radius 3 is 1.24 bits per heavy atom. The number of nitrogens with one attached hydrogen (secondary N) is 1. The molecular weight excluding hydrogens is 705 g/mol. The Balaban J connectivity index is 4.28. The second kappa shape index (κ2) is 39.7. The van der Waals surface area contributed by atoms with Crippen LogP contribution in [-0.2, 0) is 37.5 Å². The van der Waals surface area contributed by atoms with Crippen LogP contribution in [0.2, 0.25) is 0 Å². The van der Waals surface area contributed by atoms with Gasteiger partial charge in [0.05, 0.1) is 13.2 Å². The van der Waals surface area contributed by atoms with Gasteiger partial charge in [-0.1, -0.05) is 194 Å². The van der Waals surface area contributed by atoms with Crippen LogP contribution < -0.4 is 5.32 Å². The predicted octanol–water partition coefficient (Wildman–Crippen LogP) is 12.2. The first-order valence-electron chi connectivity index (χ1n) is 22.4. The van der Waals surface area contributed by atoms with Gasteiger partial charge in [0.1, 0.15) is 6.61 Å². The highest BCUT2D eigenvalue weighted by atomic mass is 31.2. The molecule has 1 amide bonds. The molecule has 0 aliphatic heterocycles.